The lowest BCUT2D eigenvalue weighted by atomic mass is 10.1. The van der Waals surface area contributed by atoms with E-state index in [0.717, 1.165) is 18.4 Å². The first-order valence-corrected chi connectivity index (χ1v) is 5.54. The predicted molar refractivity (Wildman–Crippen MR) is 65.1 cm³/mol. The summed E-state index contributed by atoms with van der Waals surface area (Å²) < 4.78 is 13.5. The summed E-state index contributed by atoms with van der Waals surface area (Å²) in [5.41, 5.74) is 6.93. The Kier molecular flexibility index (Phi) is 2.97. The van der Waals surface area contributed by atoms with Crippen LogP contribution >= 0.6 is 11.6 Å². The molecular formula is C12H12ClFN2. The van der Waals surface area contributed by atoms with Crippen LogP contribution in [0.2, 0.25) is 5.02 Å². The Morgan fingerprint density at radius 3 is 2.88 bits per heavy atom. The monoisotopic (exact) mass is 238 g/mol. The summed E-state index contributed by atoms with van der Waals surface area (Å²) in [5, 5.41) is 1.13. The molecule has 0 amide bonds. The van der Waals surface area contributed by atoms with Crippen LogP contribution in [0.4, 0.5) is 10.2 Å². The van der Waals surface area contributed by atoms with Crippen LogP contribution in [0.15, 0.2) is 18.2 Å². The van der Waals surface area contributed by atoms with Gasteiger partial charge in [-0.05, 0) is 30.2 Å². The zero-order valence-corrected chi connectivity index (χ0v) is 9.68. The summed E-state index contributed by atoms with van der Waals surface area (Å²) in [6.45, 7) is 2.05. The van der Waals surface area contributed by atoms with E-state index in [4.69, 9.17) is 17.3 Å². The molecule has 0 aliphatic heterocycles. The van der Waals surface area contributed by atoms with Crippen molar-refractivity contribution in [1.29, 1.82) is 0 Å². The molecule has 0 bridgehead atoms. The van der Waals surface area contributed by atoms with Crippen molar-refractivity contribution in [3.05, 3.63) is 34.6 Å². The SMILES string of the molecule is CCCc1cc2c(Cl)ccc(F)c2nc1N. The third kappa shape index (κ3) is 1.83. The zero-order chi connectivity index (χ0) is 11.7. The van der Waals surface area contributed by atoms with Gasteiger partial charge in [-0.25, -0.2) is 9.37 Å². The van der Waals surface area contributed by atoms with Crippen LogP contribution in [0.1, 0.15) is 18.9 Å². The molecule has 0 saturated carbocycles. The number of halogens is 2. The molecule has 2 rings (SSSR count). The Bertz CT molecular complexity index is 540. The number of aryl methyl sites for hydroxylation is 1. The molecular weight excluding hydrogens is 227 g/mol. The number of nitrogens with two attached hydrogens (primary N) is 1. The Balaban J connectivity index is 2.73. The standard InChI is InChI=1S/C12H12ClFN2/c1-2-3-7-6-8-9(13)4-5-10(14)11(8)16-12(7)15/h4-6H,2-3H2,1H3,(H2,15,16). The average Bonchev–Trinajstić information content (AvgIpc) is 2.26. The highest BCUT2D eigenvalue weighted by atomic mass is 35.5. The lowest BCUT2D eigenvalue weighted by molar-refractivity contribution is 0.637. The van der Waals surface area contributed by atoms with E-state index in [1.54, 1.807) is 0 Å². The molecule has 0 spiro atoms. The number of nitrogen functional groups attached to an aromatic ring is 1. The number of benzene rings is 1. The molecule has 84 valence electrons. The summed E-state index contributed by atoms with van der Waals surface area (Å²) in [4.78, 5) is 4.07. The summed E-state index contributed by atoms with van der Waals surface area (Å²) >= 11 is 6.01. The van der Waals surface area contributed by atoms with Gasteiger partial charge in [0.05, 0.1) is 5.02 Å². The highest BCUT2D eigenvalue weighted by molar-refractivity contribution is 6.35. The normalized spacial score (nSPS) is 10.9. The molecule has 0 aliphatic rings. The van der Waals surface area contributed by atoms with Gasteiger partial charge in [0.25, 0.3) is 0 Å². The molecule has 1 heterocycles. The fourth-order valence-electron chi connectivity index (χ4n) is 1.72. The third-order valence-electron chi connectivity index (χ3n) is 2.51. The number of rotatable bonds is 2. The van der Waals surface area contributed by atoms with Gasteiger partial charge in [-0.2, -0.15) is 0 Å². The summed E-state index contributed by atoms with van der Waals surface area (Å²) in [6.07, 6.45) is 1.78. The molecule has 1 aromatic carbocycles. The van der Waals surface area contributed by atoms with Crippen molar-refractivity contribution < 1.29 is 4.39 Å². The van der Waals surface area contributed by atoms with E-state index in [2.05, 4.69) is 11.9 Å². The molecule has 4 heteroatoms. The van der Waals surface area contributed by atoms with Crippen LogP contribution < -0.4 is 5.73 Å². The maximum absolute atomic E-state index is 13.5. The Hall–Kier alpha value is -1.35. The minimum Gasteiger partial charge on any atom is -0.383 e. The smallest absolute Gasteiger partial charge is 0.149 e. The van der Waals surface area contributed by atoms with Crippen molar-refractivity contribution in [2.45, 2.75) is 19.8 Å². The first-order valence-electron chi connectivity index (χ1n) is 5.16. The quantitative estimate of drug-likeness (QED) is 0.869. The summed E-state index contributed by atoms with van der Waals surface area (Å²) in [6, 6.07) is 4.66. The van der Waals surface area contributed by atoms with Crippen LogP contribution in [0.3, 0.4) is 0 Å². The molecule has 0 atom stereocenters. The van der Waals surface area contributed by atoms with Crippen LogP contribution in [0.25, 0.3) is 10.9 Å². The van der Waals surface area contributed by atoms with Gasteiger partial charge < -0.3 is 5.73 Å². The van der Waals surface area contributed by atoms with E-state index in [1.165, 1.54) is 12.1 Å². The van der Waals surface area contributed by atoms with Crippen molar-refractivity contribution in [3.63, 3.8) is 0 Å². The second-order valence-corrected chi connectivity index (χ2v) is 4.12. The van der Waals surface area contributed by atoms with Crippen LogP contribution in [-0.2, 0) is 6.42 Å². The van der Waals surface area contributed by atoms with Crippen molar-refractivity contribution in [2.24, 2.45) is 0 Å². The molecule has 2 nitrogen and oxygen atoms in total. The van der Waals surface area contributed by atoms with Gasteiger partial charge >= 0.3 is 0 Å². The minimum atomic E-state index is -0.394. The number of hydrogen-bond acceptors (Lipinski definition) is 2. The van der Waals surface area contributed by atoms with Gasteiger partial charge in [-0.1, -0.05) is 24.9 Å². The van der Waals surface area contributed by atoms with Crippen LogP contribution in [0, 0.1) is 5.82 Å². The highest BCUT2D eigenvalue weighted by Gasteiger charge is 2.09. The van der Waals surface area contributed by atoms with E-state index in [9.17, 15) is 4.39 Å². The predicted octanol–water partition coefficient (Wildman–Crippen LogP) is 3.56. The van der Waals surface area contributed by atoms with Crippen molar-refractivity contribution >= 4 is 28.3 Å². The van der Waals surface area contributed by atoms with Crippen molar-refractivity contribution in [1.82, 2.24) is 4.98 Å². The molecule has 2 N–H and O–H groups in total. The van der Waals surface area contributed by atoms with E-state index in [1.807, 2.05) is 6.07 Å². The molecule has 1 aromatic heterocycles. The van der Waals surface area contributed by atoms with Gasteiger partial charge in [0.2, 0.25) is 0 Å². The van der Waals surface area contributed by atoms with E-state index in [-0.39, 0.29) is 5.52 Å². The van der Waals surface area contributed by atoms with Gasteiger partial charge in [-0.15, -0.1) is 0 Å². The van der Waals surface area contributed by atoms with Gasteiger partial charge in [0.1, 0.15) is 17.2 Å². The van der Waals surface area contributed by atoms with Crippen molar-refractivity contribution in [3.8, 4) is 0 Å². The first kappa shape index (κ1) is 11.1. The number of anilines is 1. The topological polar surface area (TPSA) is 38.9 Å². The van der Waals surface area contributed by atoms with Gasteiger partial charge in [0, 0.05) is 5.39 Å². The number of nitrogens with zero attached hydrogens (tertiary/aromatic N) is 1. The number of pyridine rings is 1. The first-order chi connectivity index (χ1) is 7.63. The Morgan fingerprint density at radius 2 is 2.19 bits per heavy atom. The molecule has 0 radical (unpaired) electrons. The zero-order valence-electron chi connectivity index (χ0n) is 8.93. The lowest BCUT2D eigenvalue weighted by Gasteiger charge is -2.07. The molecule has 0 fully saturated rings. The molecule has 0 unspecified atom stereocenters. The van der Waals surface area contributed by atoms with E-state index in [0.29, 0.717) is 16.2 Å². The molecule has 16 heavy (non-hydrogen) atoms. The van der Waals surface area contributed by atoms with Crippen molar-refractivity contribution in [2.75, 3.05) is 5.73 Å². The minimum absolute atomic E-state index is 0.241. The second kappa shape index (κ2) is 4.26. The number of hydrogen-bond donors (Lipinski definition) is 1. The van der Waals surface area contributed by atoms with Gasteiger partial charge in [0.15, 0.2) is 0 Å². The third-order valence-corrected chi connectivity index (χ3v) is 2.84. The highest BCUT2D eigenvalue weighted by Crippen LogP contribution is 2.27. The Labute approximate surface area is 98.2 Å². The fourth-order valence-corrected chi connectivity index (χ4v) is 1.92. The summed E-state index contributed by atoms with van der Waals surface area (Å²) in [5.74, 6) is -0.00957. The molecule has 0 saturated heterocycles. The van der Waals surface area contributed by atoms with E-state index >= 15 is 0 Å². The van der Waals surface area contributed by atoms with Crippen LogP contribution in [0.5, 0.6) is 0 Å². The number of aromatic nitrogens is 1. The maximum atomic E-state index is 13.5. The number of fused-ring (bicyclic) bond motifs is 1. The van der Waals surface area contributed by atoms with E-state index < -0.39 is 5.82 Å². The molecule has 2 aromatic rings. The lowest BCUT2D eigenvalue weighted by Crippen LogP contribution is -1.99. The van der Waals surface area contributed by atoms with Crippen LogP contribution in [-0.4, -0.2) is 4.98 Å². The Morgan fingerprint density at radius 1 is 1.44 bits per heavy atom. The fraction of sp³-hybridized carbons (Fsp3) is 0.250. The second-order valence-electron chi connectivity index (χ2n) is 3.71. The average molecular weight is 239 g/mol. The molecule has 0 aliphatic carbocycles. The largest absolute Gasteiger partial charge is 0.383 e. The maximum Gasteiger partial charge on any atom is 0.149 e. The van der Waals surface area contributed by atoms with Gasteiger partial charge in [-0.3, -0.25) is 0 Å². The summed E-state index contributed by atoms with van der Waals surface area (Å²) in [7, 11) is 0.